The zero-order valence-electron chi connectivity index (χ0n) is 15.3. The lowest BCUT2D eigenvalue weighted by atomic mass is 10.2. The van der Waals surface area contributed by atoms with E-state index in [1.165, 1.54) is 0 Å². The fourth-order valence-corrected chi connectivity index (χ4v) is 3.75. The first-order chi connectivity index (χ1) is 14.4. The van der Waals surface area contributed by atoms with Crippen LogP contribution < -0.4 is 0 Å². The summed E-state index contributed by atoms with van der Waals surface area (Å²) in [7, 11) is 0. The van der Waals surface area contributed by atoms with Gasteiger partial charge >= 0.3 is 0 Å². The standard InChI is InChI=1S/C22H16N6S/c1-3-8-17(9-4-1)22-25-23-16-28(22)24-14-18-15-27(19-10-5-2-6-11-19)26-21(18)20-12-7-13-29-20/h1-16H/b24-14-. The molecule has 0 fully saturated rings. The second kappa shape index (κ2) is 7.65. The third kappa shape index (κ3) is 3.51. The van der Waals surface area contributed by atoms with Crippen molar-refractivity contribution in [2.45, 2.75) is 0 Å². The van der Waals surface area contributed by atoms with Gasteiger partial charge in [0.05, 0.1) is 16.8 Å². The van der Waals surface area contributed by atoms with Gasteiger partial charge in [0.1, 0.15) is 12.0 Å². The topological polar surface area (TPSA) is 60.9 Å². The van der Waals surface area contributed by atoms with Crippen molar-refractivity contribution < 1.29 is 0 Å². The maximum Gasteiger partial charge on any atom is 0.184 e. The molecule has 0 spiro atoms. The SMILES string of the molecule is C(=N/n1cnnc1-c1ccccc1)/c1cn(-c2ccccc2)nc1-c1cccs1. The highest BCUT2D eigenvalue weighted by Crippen LogP contribution is 2.27. The third-order valence-corrected chi connectivity index (χ3v) is 5.28. The molecule has 5 aromatic rings. The summed E-state index contributed by atoms with van der Waals surface area (Å²) in [5, 5.41) is 19.7. The fraction of sp³-hybridized carbons (Fsp3) is 0. The largest absolute Gasteiger partial charge is 0.240 e. The van der Waals surface area contributed by atoms with Crippen molar-refractivity contribution in [3.05, 3.63) is 96.3 Å². The maximum atomic E-state index is 4.80. The number of hydrogen-bond donors (Lipinski definition) is 0. The van der Waals surface area contributed by atoms with Gasteiger partial charge in [0.2, 0.25) is 0 Å². The molecule has 3 aromatic heterocycles. The zero-order chi connectivity index (χ0) is 19.5. The van der Waals surface area contributed by atoms with Crippen molar-refractivity contribution in [2.75, 3.05) is 0 Å². The molecule has 29 heavy (non-hydrogen) atoms. The molecule has 0 aliphatic heterocycles. The quantitative estimate of drug-likeness (QED) is 0.403. The van der Waals surface area contributed by atoms with Gasteiger partial charge in [0.25, 0.3) is 0 Å². The molecule has 0 saturated carbocycles. The number of thiophene rings is 1. The highest BCUT2D eigenvalue weighted by atomic mass is 32.1. The summed E-state index contributed by atoms with van der Waals surface area (Å²) in [4.78, 5) is 1.09. The van der Waals surface area contributed by atoms with Gasteiger partial charge in [-0.15, -0.1) is 21.5 Å². The number of para-hydroxylation sites is 1. The molecule has 2 aromatic carbocycles. The minimum atomic E-state index is 0.690. The predicted molar refractivity (Wildman–Crippen MR) is 115 cm³/mol. The Kier molecular flexibility index (Phi) is 4.56. The molecular formula is C22H16N6S. The fourth-order valence-electron chi connectivity index (χ4n) is 3.02. The Balaban J connectivity index is 1.55. The van der Waals surface area contributed by atoms with Crippen LogP contribution in [0.3, 0.4) is 0 Å². The lowest BCUT2D eigenvalue weighted by molar-refractivity contribution is 0.883. The van der Waals surface area contributed by atoms with Gasteiger partial charge in [-0.25, -0.2) is 4.68 Å². The molecule has 3 heterocycles. The molecule has 140 valence electrons. The van der Waals surface area contributed by atoms with Gasteiger partial charge in [0.15, 0.2) is 5.82 Å². The van der Waals surface area contributed by atoms with Crippen molar-refractivity contribution >= 4 is 17.6 Å². The lowest BCUT2D eigenvalue weighted by Crippen LogP contribution is -1.94. The Morgan fingerprint density at radius 2 is 1.69 bits per heavy atom. The van der Waals surface area contributed by atoms with Crippen molar-refractivity contribution in [1.29, 1.82) is 0 Å². The first kappa shape index (κ1) is 17.3. The van der Waals surface area contributed by atoms with Crippen LogP contribution in [0.2, 0.25) is 0 Å². The molecule has 0 aliphatic carbocycles. The summed E-state index contributed by atoms with van der Waals surface area (Å²) in [5.74, 6) is 0.690. The molecular weight excluding hydrogens is 380 g/mol. The average Bonchev–Trinajstić information content (AvgIpc) is 3.54. The monoisotopic (exact) mass is 396 g/mol. The maximum absolute atomic E-state index is 4.80. The molecule has 0 radical (unpaired) electrons. The Labute approximate surface area is 171 Å². The second-order valence-corrected chi connectivity index (χ2v) is 7.25. The molecule has 6 nitrogen and oxygen atoms in total. The second-order valence-electron chi connectivity index (χ2n) is 6.30. The van der Waals surface area contributed by atoms with E-state index in [9.17, 15) is 0 Å². The molecule has 7 heteroatoms. The van der Waals surface area contributed by atoms with E-state index in [-0.39, 0.29) is 0 Å². The number of aromatic nitrogens is 5. The molecule has 0 amide bonds. The zero-order valence-corrected chi connectivity index (χ0v) is 16.1. The van der Waals surface area contributed by atoms with Crippen LogP contribution >= 0.6 is 11.3 Å². The van der Waals surface area contributed by atoms with Crippen LogP contribution in [0.4, 0.5) is 0 Å². The van der Waals surface area contributed by atoms with Crippen LogP contribution in [-0.4, -0.2) is 30.9 Å². The smallest absolute Gasteiger partial charge is 0.184 e. The highest BCUT2D eigenvalue weighted by molar-refractivity contribution is 7.13. The Morgan fingerprint density at radius 1 is 0.897 bits per heavy atom. The van der Waals surface area contributed by atoms with E-state index in [0.29, 0.717) is 5.82 Å². The van der Waals surface area contributed by atoms with Gasteiger partial charge in [0, 0.05) is 17.3 Å². The van der Waals surface area contributed by atoms with Crippen LogP contribution in [0.1, 0.15) is 5.56 Å². The summed E-state index contributed by atoms with van der Waals surface area (Å²) < 4.78 is 3.55. The predicted octanol–water partition coefficient (Wildman–Crippen LogP) is 4.74. The summed E-state index contributed by atoms with van der Waals surface area (Å²) in [5.41, 5.74) is 3.77. The third-order valence-electron chi connectivity index (χ3n) is 4.40. The minimum Gasteiger partial charge on any atom is -0.240 e. The lowest BCUT2D eigenvalue weighted by Gasteiger charge is -2.00. The van der Waals surface area contributed by atoms with E-state index >= 15 is 0 Å². The van der Waals surface area contributed by atoms with Gasteiger partial charge in [-0.3, -0.25) is 0 Å². The molecule has 5 rings (SSSR count). The number of rotatable bonds is 5. The van der Waals surface area contributed by atoms with Crippen LogP contribution in [0, 0.1) is 0 Å². The highest BCUT2D eigenvalue weighted by Gasteiger charge is 2.12. The van der Waals surface area contributed by atoms with Gasteiger partial charge in [-0.1, -0.05) is 54.6 Å². The van der Waals surface area contributed by atoms with E-state index in [1.807, 2.05) is 83.0 Å². The van der Waals surface area contributed by atoms with E-state index < -0.39 is 0 Å². The molecule has 0 saturated heterocycles. The summed E-state index contributed by atoms with van der Waals surface area (Å²) >= 11 is 1.65. The Morgan fingerprint density at radius 3 is 2.45 bits per heavy atom. The number of hydrogen-bond acceptors (Lipinski definition) is 5. The van der Waals surface area contributed by atoms with Crippen LogP contribution in [0.25, 0.3) is 27.6 Å². The van der Waals surface area contributed by atoms with E-state index in [2.05, 4.69) is 21.4 Å². The molecule has 0 atom stereocenters. The molecule has 0 N–H and O–H groups in total. The number of nitrogens with zero attached hydrogens (tertiary/aromatic N) is 6. The average molecular weight is 396 g/mol. The van der Waals surface area contributed by atoms with E-state index in [4.69, 9.17) is 5.10 Å². The molecule has 0 unspecified atom stereocenters. The summed E-state index contributed by atoms with van der Waals surface area (Å²) in [6, 6.07) is 24.0. The summed E-state index contributed by atoms with van der Waals surface area (Å²) in [6.45, 7) is 0. The van der Waals surface area contributed by atoms with Crippen LogP contribution in [-0.2, 0) is 0 Å². The Bertz CT molecular complexity index is 1240. The first-order valence-electron chi connectivity index (χ1n) is 9.07. The van der Waals surface area contributed by atoms with E-state index in [0.717, 1.165) is 27.4 Å². The van der Waals surface area contributed by atoms with Crippen LogP contribution in [0.5, 0.6) is 0 Å². The Hall–Kier alpha value is -3.84. The minimum absolute atomic E-state index is 0.690. The molecule has 0 aliphatic rings. The molecule has 0 bridgehead atoms. The summed E-state index contributed by atoms with van der Waals surface area (Å²) in [6.07, 6.45) is 5.39. The normalized spacial score (nSPS) is 11.3. The van der Waals surface area contributed by atoms with Crippen molar-refractivity contribution in [3.8, 4) is 27.6 Å². The van der Waals surface area contributed by atoms with Crippen molar-refractivity contribution in [3.63, 3.8) is 0 Å². The van der Waals surface area contributed by atoms with E-state index in [1.54, 1.807) is 28.6 Å². The van der Waals surface area contributed by atoms with Gasteiger partial charge in [-0.2, -0.15) is 14.9 Å². The van der Waals surface area contributed by atoms with Gasteiger partial charge < -0.3 is 0 Å². The number of benzene rings is 2. The van der Waals surface area contributed by atoms with Crippen molar-refractivity contribution in [2.24, 2.45) is 5.10 Å². The van der Waals surface area contributed by atoms with Crippen LogP contribution in [0.15, 0.2) is 95.8 Å². The first-order valence-corrected chi connectivity index (χ1v) is 9.95. The van der Waals surface area contributed by atoms with Crippen molar-refractivity contribution in [1.82, 2.24) is 24.7 Å². The van der Waals surface area contributed by atoms with Gasteiger partial charge in [-0.05, 0) is 23.6 Å².